The maximum Gasteiger partial charge on any atom is 0.123 e. The van der Waals surface area contributed by atoms with Crippen molar-refractivity contribution in [3.05, 3.63) is 65.0 Å². The van der Waals surface area contributed by atoms with Gasteiger partial charge in [-0.1, -0.05) is 23.8 Å². The Labute approximate surface area is 132 Å². The van der Waals surface area contributed by atoms with Crippen molar-refractivity contribution < 1.29 is 9.29 Å². The van der Waals surface area contributed by atoms with Crippen molar-refractivity contribution in [1.82, 2.24) is 0 Å². The van der Waals surface area contributed by atoms with E-state index in [1.807, 2.05) is 12.1 Å². The molecule has 0 aromatic heterocycles. The van der Waals surface area contributed by atoms with Crippen molar-refractivity contribution in [2.75, 3.05) is 31.1 Å². The predicted molar refractivity (Wildman–Crippen MR) is 88.9 cm³/mol. The van der Waals surface area contributed by atoms with Gasteiger partial charge in [-0.15, -0.1) is 0 Å². The molecule has 0 radical (unpaired) electrons. The molecule has 0 spiro atoms. The van der Waals surface area contributed by atoms with Gasteiger partial charge in [-0.3, -0.25) is 0 Å². The molecule has 116 valence electrons. The molecule has 3 heteroatoms. The molecular formula is C19H24FN2+. The Hall–Kier alpha value is -1.87. The Kier molecular flexibility index (Phi) is 4.44. The summed E-state index contributed by atoms with van der Waals surface area (Å²) in [6.07, 6.45) is 0. The van der Waals surface area contributed by atoms with Gasteiger partial charge >= 0.3 is 0 Å². The van der Waals surface area contributed by atoms with Crippen molar-refractivity contribution in [3.63, 3.8) is 0 Å². The Morgan fingerprint density at radius 3 is 2.32 bits per heavy atom. The number of nitrogens with zero attached hydrogens (tertiary/aromatic N) is 1. The summed E-state index contributed by atoms with van der Waals surface area (Å²) in [6, 6.07) is 13.6. The van der Waals surface area contributed by atoms with Crippen molar-refractivity contribution in [3.8, 4) is 0 Å². The number of halogens is 1. The van der Waals surface area contributed by atoms with Gasteiger partial charge in [-0.25, -0.2) is 4.39 Å². The highest BCUT2D eigenvalue weighted by Crippen LogP contribution is 2.15. The number of nitrogens with one attached hydrogen (secondary N) is 1. The Balaban J connectivity index is 1.58. The number of rotatable bonds is 3. The molecule has 2 aromatic carbocycles. The number of hydrogen-bond donors (Lipinski definition) is 1. The van der Waals surface area contributed by atoms with E-state index in [4.69, 9.17) is 0 Å². The molecule has 2 aromatic rings. The summed E-state index contributed by atoms with van der Waals surface area (Å²) in [5.74, 6) is -0.164. The van der Waals surface area contributed by atoms with Gasteiger partial charge in [0.05, 0.1) is 26.2 Å². The molecule has 1 N–H and O–H groups in total. The SMILES string of the molecule is Cc1ccc(C[NH+]2CCN(c3ccc(F)cc3)CC2)c(C)c1. The molecule has 0 aliphatic carbocycles. The average molecular weight is 299 g/mol. The zero-order valence-corrected chi connectivity index (χ0v) is 13.4. The lowest BCUT2D eigenvalue weighted by atomic mass is 10.1. The fourth-order valence-corrected chi connectivity index (χ4v) is 3.22. The predicted octanol–water partition coefficient (Wildman–Crippen LogP) is 2.35. The third-order valence-corrected chi connectivity index (χ3v) is 4.60. The molecule has 0 saturated carbocycles. The van der Waals surface area contributed by atoms with Crippen LogP contribution in [0.1, 0.15) is 16.7 Å². The fraction of sp³-hybridized carbons (Fsp3) is 0.368. The Morgan fingerprint density at radius 1 is 1.00 bits per heavy atom. The molecule has 0 atom stereocenters. The highest BCUT2D eigenvalue weighted by molar-refractivity contribution is 5.46. The first-order valence-corrected chi connectivity index (χ1v) is 8.02. The van der Waals surface area contributed by atoms with Crippen LogP contribution in [0.3, 0.4) is 0 Å². The van der Waals surface area contributed by atoms with Crippen LogP contribution in [0.4, 0.5) is 10.1 Å². The van der Waals surface area contributed by atoms with Crippen molar-refractivity contribution in [1.29, 1.82) is 0 Å². The first kappa shape index (κ1) is 15.0. The van der Waals surface area contributed by atoms with Crippen LogP contribution in [-0.4, -0.2) is 26.2 Å². The molecule has 0 unspecified atom stereocenters. The summed E-state index contributed by atoms with van der Waals surface area (Å²) in [7, 11) is 0. The van der Waals surface area contributed by atoms with Gasteiger partial charge in [0, 0.05) is 11.3 Å². The van der Waals surface area contributed by atoms with Crippen LogP contribution in [-0.2, 0) is 6.54 Å². The van der Waals surface area contributed by atoms with E-state index in [1.54, 1.807) is 17.0 Å². The van der Waals surface area contributed by atoms with E-state index < -0.39 is 0 Å². The normalized spacial score (nSPS) is 16.0. The Morgan fingerprint density at radius 2 is 1.68 bits per heavy atom. The second kappa shape index (κ2) is 6.49. The van der Waals surface area contributed by atoms with Gasteiger partial charge in [0.25, 0.3) is 0 Å². The average Bonchev–Trinajstić information content (AvgIpc) is 2.52. The summed E-state index contributed by atoms with van der Waals surface area (Å²) >= 11 is 0. The Bertz CT molecular complexity index is 628. The highest BCUT2D eigenvalue weighted by Gasteiger charge is 2.20. The largest absolute Gasteiger partial charge is 0.360 e. The molecule has 22 heavy (non-hydrogen) atoms. The van der Waals surface area contributed by atoms with Gasteiger partial charge in [-0.05, 0) is 43.7 Å². The fourth-order valence-electron chi connectivity index (χ4n) is 3.22. The van der Waals surface area contributed by atoms with E-state index in [-0.39, 0.29) is 5.82 Å². The first-order chi connectivity index (χ1) is 10.6. The second-order valence-electron chi connectivity index (χ2n) is 6.32. The number of piperazine rings is 1. The summed E-state index contributed by atoms with van der Waals surface area (Å²) in [5.41, 5.74) is 5.31. The van der Waals surface area contributed by atoms with Crippen molar-refractivity contribution >= 4 is 5.69 Å². The zero-order valence-electron chi connectivity index (χ0n) is 13.4. The summed E-state index contributed by atoms with van der Waals surface area (Å²) in [4.78, 5) is 3.98. The number of hydrogen-bond acceptors (Lipinski definition) is 1. The van der Waals surface area contributed by atoms with Crippen molar-refractivity contribution in [2.24, 2.45) is 0 Å². The maximum atomic E-state index is 13.0. The standard InChI is InChI=1S/C19H23FN2/c1-15-3-4-17(16(2)13-15)14-21-9-11-22(12-10-21)19-7-5-18(20)6-8-19/h3-8,13H,9-12,14H2,1-2H3/p+1. The molecule has 1 fully saturated rings. The van der Waals surface area contributed by atoms with Gasteiger partial charge in [0.2, 0.25) is 0 Å². The van der Waals surface area contributed by atoms with Gasteiger partial charge in [-0.2, -0.15) is 0 Å². The minimum Gasteiger partial charge on any atom is -0.360 e. The summed E-state index contributed by atoms with van der Waals surface area (Å²) < 4.78 is 13.0. The number of quaternary nitrogens is 1. The van der Waals surface area contributed by atoms with E-state index in [9.17, 15) is 4.39 Å². The topological polar surface area (TPSA) is 7.68 Å². The van der Waals surface area contributed by atoms with Crippen LogP contribution in [0.25, 0.3) is 0 Å². The number of anilines is 1. The molecule has 3 rings (SSSR count). The van der Waals surface area contributed by atoms with E-state index in [0.29, 0.717) is 0 Å². The molecule has 1 aliphatic rings. The molecule has 1 aliphatic heterocycles. The van der Waals surface area contributed by atoms with E-state index in [1.165, 1.54) is 16.7 Å². The highest BCUT2D eigenvalue weighted by atomic mass is 19.1. The van der Waals surface area contributed by atoms with Gasteiger partial charge < -0.3 is 9.80 Å². The van der Waals surface area contributed by atoms with Gasteiger partial charge in [0.1, 0.15) is 12.4 Å². The third-order valence-electron chi connectivity index (χ3n) is 4.60. The zero-order chi connectivity index (χ0) is 15.5. The van der Waals surface area contributed by atoms with Crippen LogP contribution in [0.15, 0.2) is 42.5 Å². The van der Waals surface area contributed by atoms with Crippen LogP contribution >= 0.6 is 0 Å². The van der Waals surface area contributed by atoms with Crippen LogP contribution in [0.2, 0.25) is 0 Å². The quantitative estimate of drug-likeness (QED) is 0.914. The first-order valence-electron chi connectivity index (χ1n) is 8.02. The minimum absolute atomic E-state index is 0.164. The van der Waals surface area contributed by atoms with Gasteiger partial charge in [0.15, 0.2) is 0 Å². The summed E-state index contributed by atoms with van der Waals surface area (Å²) in [6.45, 7) is 9.78. The van der Waals surface area contributed by atoms with E-state index in [0.717, 1.165) is 38.4 Å². The molecule has 0 amide bonds. The lowest BCUT2D eigenvalue weighted by Gasteiger charge is -2.34. The molecule has 0 bridgehead atoms. The lowest BCUT2D eigenvalue weighted by molar-refractivity contribution is -0.914. The molecule has 2 nitrogen and oxygen atoms in total. The third kappa shape index (κ3) is 3.47. The number of benzene rings is 2. The van der Waals surface area contributed by atoms with Crippen LogP contribution < -0.4 is 9.80 Å². The maximum absolute atomic E-state index is 13.0. The molecule has 1 saturated heterocycles. The summed E-state index contributed by atoms with van der Waals surface area (Å²) in [5, 5.41) is 0. The molecular weight excluding hydrogens is 275 g/mol. The lowest BCUT2D eigenvalue weighted by Crippen LogP contribution is -3.13. The van der Waals surface area contributed by atoms with E-state index >= 15 is 0 Å². The smallest absolute Gasteiger partial charge is 0.123 e. The second-order valence-corrected chi connectivity index (χ2v) is 6.32. The monoisotopic (exact) mass is 299 g/mol. The minimum atomic E-state index is -0.164. The molecule has 1 heterocycles. The van der Waals surface area contributed by atoms with Crippen molar-refractivity contribution in [2.45, 2.75) is 20.4 Å². The van der Waals surface area contributed by atoms with Crippen LogP contribution in [0.5, 0.6) is 0 Å². The van der Waals surface area contributed by atoms with Crippen LogP contribution in [0, 0.1) is 19.7 Å². The number of aryl methyl sites for hydroxylation is 2. The van der Waals surface area contributed by atoms with E-state index in [2.05, 4.69) is 36.9 Å².